The summed E-state index contributed by atoms with van der Waals surface area (Å²) in [6, 6.07) is 2.19. The van der Waals surface area contributed by atoms with Crippen LogP contribution in [-0.2, 0) is 10.1 Å². The number of nitriles is 1. The lowest BCUT2D eigenvalue weighted by Crippen LogP contribution is -2.13. The first kappa shape index (κ1) is 29.6. The van der Waals surface area contributed by atoms with E-state index in [0.29, 0.717) is 28.6 Å². The molecule has 0 aliphatic heterocycles. The Kier molecular flexibility index (Phi) is 13.1. The van der Waals surface area contributed by atoms with E-state index in [1.54, 1.807) is 18.2 Å². The van der Waals surface area contributed by atoms with Crippen molar-refractivity contribution in [2.75, 3.05) is 10.6 Å². The molecule has 0 saturated carbocycles. The molecule has 0 aliphatic carbocycles. The first-order chi connectivity index (χ1) is 15.6. The van der Waals surface area contributed by atoms with Crippen molar-refractivity contribution in [3.63, 3.8) is 0 Å². The van der Waals surface area contributed by atoms with Crippen molar-refractivity contribution in [3.05, 3.63) is 89.9 Å². The van der Waals surface area contributed by atoms with Crippen molar-refractivity contribution in [2.24, 2.45) is 0 Å². The summed E-state index contributed by atoms with van der Waals surface area (Å²) in [7, 11) is -4.14. The fraction of sp³-hybridized carbons (Fsp3) is 0.280. The SMILES string of the molecule is C=C/C(=C\C=C/C(C)S(=O)(=O)O)Nc1nc(N/C(C=C)=C/C=C\C)c(C#N)c(C)c1C.CC. The zero-order valence-electron chi connectivity index (χ0n) is 20.2. The van der Waals surface area contributed by atoms with Gasteiger partial charge in [0.05, 0.1) is 5.56 Å². The number of nitrogens with one attached hydrogen (secondary N) is 2. The highest BCUT2D eigenvalue weighted by molar-refractivity contribution is 7.86. The normalized spacial score (nSPS) is 13.2. The van der Waals surface area contributed by atoms with E-state index >= 15 is 0 Å². The molecular weight excluding hydrogens is 436 g/mol. The maximum Gasteiger partial charge on any atom is 0.271 e. The van der Waals surface area contributed by atoms with Crippen LogP contribution in [0.2, 0.25) is 0 Å². The van der Waals surface area contributed by atoms with Gasteiger partial charge in [-0.3, -0.25) is 4.55 Å². The minimum absolute atomic E-state index is 0.378. The van der Waals surface area contributed by atoms with E-state index in [2.05, 4.69) is 34.8 Å². The highest BCUT2D eigenvalue weighted by Gasteiger charge is 2.15. The van der Waals surface area contributed by atoms with Crippen LogP contribution in [0.5, 0.6) is 0 Å². The van der Waals surface area contributed by atoms with Crippen molar-refractivity contribution in [1.82, 2.24) is 4.98 Å². The molecule has 0 radical (unpaired) electrons. The van der Waals surface area contributed by atoms with Crippen LogP contribution in [0.15, 0.2) is 73.2 Å². The van der Waals surface area contributed by atoms with Gasteiger partial charge in [-0.05, 0) is 63.1 Å². The van der Waals surface area contributed by atoms with Crippen LogP contribution in [0, 0.1) is 25.2 Å². The number of allylic oxidation sites excluding steroid dienone is 7. The van der Waals surface area contributed by atoms with Gasteiger partial charge in [0.1, 0.15) is 17.1 Å². The average molecular weight is 471 g/mol. The van der Waals surface area contributed by atoms with Crippen LogP contribution in [0.3, 0.4) is 0 Å². The number of pyridine rings is 1. The molecule has 0 spiro atoms. The van der Waals surface area contributed by atoms with Crippen molar-refractivity contribution in [2.45, 2.75) is 46.8 Å². The van der Waals surface area contributed by atoms with E-state index in [4.69, 9.17) is 4.55 Å². The molecule has 0 bridgehead atoms. The van der Waals surface area contributed by atoms with Gasteiger partial charge >= 0.3 is 0 Å². The van der Waals surface area contributed by atoms with Crippen molar-refractivity contribution >= 4 is 21.8 Å². The summed E-state index contributed by atoms with van der Waals surface area (Å²) in [5.41, 5.74) is 3.19. The molecule has 3 N–H and O–H groups in total. The van der Waals surface area contributed by atoms with E-state index < -0.39 is 15.4 Å². The Morgan fingerprint density at radius 2 is 1.58 bits per heavy atom. The summed E-state index contributed by atoms with van der Waals surface area (Å²) in [6.45, 7) is 18.5. The standard InChI is InChI=1S/C23H28N4O3S.C2H6/c1-7-10-13-19(8-2)26-23-21(15-24)17(5)18(6)22(27-23)25-20(9-3)14-11-12-16(4)31(28,29)30;1-2/h7-14,16H,2-3H2,1,4-6H3,(H2,25,26,27)(H,28,29,30);1-2H3/b10-7-,12-11-,19-13+,20-14+;. The summed E-state index contributed by atoms with van der Waals surface area (Å²) >= 11 is 0. The van der Waals surface area contributed by atoms with Gasteiger partial charge in [-0.1, -0.05) is 51.3 Å². The predicted molar refractivity (Wildman–Crippen MR) is 139 cm³/mol. The summed E-state index contributed by atoms with van der Waals surface area (Å²) in [6.07, 6.45) is 13.2. The maximum atomic E-state index is 11.1. The highest BCUT2D eigenvalue weighted by Crippen LogP contribution is 2.27. The topological polar surface area (TPSA) is 115 Å². The Morgan fingerprint density at radius 3 is 2.03 bits per heavy atom. The summed E-state index contributed by atoms with van der Waals surface area (Å²) in [4.78, 5) is 4.56. The van der Waals surface area contributed by atoms with Crippen LogP contribution in [0.1, 0.15) is 44.4 Å². The van der Waals surface area contributed by atoms with Crippen LogP contribution in [-0.4, -0.2) is 23.2 Å². The van der Waals surface area contributed by atoms with Gasteiger partial charge in [0.15, 0.2) is 5.82 Å². The first-order valence-corrected chi connectivity index (χ1v) is 12.0. The number of nitrogens with zero attached hydrogens (tertiary/aromatic N) is 2. The van der Waals surface area contributed by atoms with Crippen molar-refractivity contribution in [1.29, 1.82) is 5.26 Å². The molecule has 1 unspecified atom stereocenters. The number of hydrogen-bond acceptors (Lipinski definition) is 6. The van der Waals surface area contributed by atoms with Crippen molar-refractivity contribution < 1.29 is 13.0 Å². The lowest BCUT2D eigenvalue weighted by molar-refractivity contribution is 0.477. The molecule has 8 heteroatoms. The Balaban J connectivity index is 0.00000497. The van der Waals surface area contributed by atoms with Gasteiger partial charge in [0.25, 0.3) is 10.1 Å². The number of anilines is 2. The van der Waals surface area contributed by atoms with Crippen LogP contribution < -0.4 is 10.6 Å². The van der Waals surface area contributed by atoms with Gasteiger partial charge in [-0.15, -0.1) is 0 Å². The molecular formula is C25H34N4O3S. The molecule has 178 valence electrons. The van der Waals surface area contributed by atoms with E-state index in [-0.39, 0.29) is 0 Å². The van der Waals surface area contributed by atoms with E-state index in [1.165, 1.54) is 19.1 Å². The molecule has 1 heterocycles. The third kappa shape index (κ3) is 9.31. The molecule has 0 fully saturated rings. The minimum Gasteiger partial charge on any atom is -0.340 e. The first-order valence-electron chi connectivity index (χ1n) is 10.5. The summed E-state index contributed by atoms with van der Waals surface area (Å²) in [5, 5.41) is 14.8. The highest BCUT2D eigenvalue weighted by atomic mass is 32.2. The quantitative estimate of drug-likeness (QED) is 0.285. The van der Waals surface area contributed by atoms with Gasteiger partial charge in [-0.2, -0.15) is 13.7 Å². The second-order valence-electron chi connectivity index (χ2n) is 6.58. The van der Waals surface area contributed by atoms with E-state index in [1.807, 2.05) is 52.8 Å². The molecule has 1 atom stereocenters. The number of aromatic nitrogens is 1. The van der Waals surface area contributed by atoms with Crippen molar-refractivity contribution in [3.8, 4) is 6.07 Å². The third-order valence-corrected chi connectivity index (χ3v) is 5.52. The van der Waals surface area contributed by atoms with Crippen LogP contribution in [0.25, 0.3) is 0 Å². The van der Waals surface area contributed by atoms with E-state index in [9.17, 15) is 13.7 Å². The Labute approximate surface area is 198 Å². The largest absolute Gasteiger partial charge is 0.340 e. The molecule has 1 aromatic rings. The van der Waals surface area contributed by atoms with Gasteiger partial charge < -0.3 is 10.6 Å². The molecule has 0 amide bonds. The molecule has 1 rings (SSSR count). The smallest absolute Gasteiger partial charge is 0.271 e. The monoisotopic (exact) mass is 470 g/mol. The number of rotatable bonds is 10. The molecule has 7 nitrogen and oxygen atoms in total. The lowest BCUT2D eigenvalue weighted by Gasteiger charge is -2.17. The van der Waals surface area contributed by atoms with Gasteiger partial charge in [-0.25, -0.2) is 4.98 Å². The maximum absolute atomic E-state index is 11.1. The number of hydrogen-bond donors (Lipinski definition) is 3. The average Bonchev–Trinajstić information content (AvgIpc) is 2.79. The van der Waals surface area contributed by atoms with Gasteiger partial charge in [0, 0.05) is 11.4 Å². The molecule has 0 saturated heterocycles. The molecule has 0 aromatic carbocycles. The van der Waals surface area contributed by atoms with Gasteiger partial charge in [0.2, 0.25) is 0 Å². The third-order valence-electron chi connectivity index (χ3n) is 4.43. The second-order valence-corrected chi connectivity index (χ2v) is 8.35. The molecule has 33 heavy (non-hydrogen) atoms. The predicted octanol–water partition coefficient (Wildman–Crippen LogP) is 5.97. The molecule has 1 aromatic heterocycles. The van der Waals surface area contributed by atoms with E-state index in [0.717, 1.165) is 11.1 Å². The Hall–Kier alpha value is -3.41. The summed E-state index contributed by atoms with van der Waals surface area (Å²) < 4.78 is 31.3. The zero-order valence-corrected chi connectivity index (χ0v) is 21.0. The Morgan fingerprint density at radius 1 is 1.06 bits per heavy atom. The molecule has 0 aliphatic rings. The fourth-order valence-electron chi connectivity index (χ4n) is 2.35. The fourth-order valence-corrected chi connectivity index (χ4v) is 2.64. The van der Waals surface area contributed by atoms with Crippen LogP contribution >= 0.6 is 0 Å². The zero-order chi connectivity index (χ0) is 25.6. The lowest BCUT2D eigenvalue weighted by atomic mass is 10.1. The second kappa shape index (κ2) is 14.6. The minimum atomic E-state index is -4.14. The Bertz CT molecular complexity index is 1110. The van der Waals surface area contributed by atoms with Crippen LogP contribution in [0.4, 0.5) is 11.6 Å². The summed E-state index contributed by atoms with van der Waals surface area (Å²) in [5.74, 6) is 0.888.